The van der Waals surface area contributed by atoms with Crippen LogP contribution in [-0.4, -0.2) is 24.1 Å². The van der Waals surface area contributed by atoms with Crippen LogP contribution >= 0.6 is 0 Å². The van der Waals surface area contributed by atoms with Crippen molar-refractivity contribution < 1.29 is 4.42 Å². The van der Waals surface area contributed by atoms with E-state index in [0.29, 0.717) is 17.5 Å². The summed E-state index contributed by atoms with van der Waals surface area (Å²) in [5, 5.41) is 11.3. The van der Waals surface area contributed by atoms with Crippen LogP contribution < -0.4 is 0 Å². The van der Waals surface area contributed by atoms with Crippen LogP contribution in [0.15, 0.2) is 217 Å². The van der Waals surface area contributed by atoms with E-state index in [9.17, 15) is 0 Å². The summed E-state index contributed by atoms with van der Waals surface area (Å²) in [6, 6.07) is 75.1. The van der Waals surface area contributed by atoms with Gasteiger partial charge in [0.15, 0.2) is 17.5 Å². The molecule has 14 aromatic rings. The number of fused-ring (bicyclic) bond motifs is 11. The van der Waals surface area contributed by atoms with Gasteiger partial charge in [-0.15, -0.1) is 0 Å². The number of para-hydroxylation sites is 4. The second-order valence-corrected chi connectivity index (χ2v) is 16.8. The number of furan rings is 1. The zero-order valence-corrected chi connectivity index (χ0v) is 34.9. The maximum atomic E-state index is 6.66. The Bertz CT molecular complexity index is 4250. The quantitative estimate of drug-likeness (QED) is 0.173. The summed E-state index contributed by atoms with van der Waals surface area (Å²) in [6.45, 7) is 0. The van der Waals surface area contributed by atoms with Gasteiger partial charge in [0.1, 0.15) is 11.2 Å². The number of aromatic nitrogens is 5. The summed E-state index contributed by atoms with van der Waals surface area (Å²) >= 11 is 0. The molecule has 302 valence electrons. The van der Waals surface area contributed by atoms with E-state index in [-0.39, 0.29) is 0 Å². The SMILES string of the molecule is c1ccc(-n2c3ccccc3c3ccc(-c4nc(-c5cc6oc7ccccc7c6cc5-n5c6ccccc6c6cc7ccccc7cc65)nc(-c5cccc6ccccc56)n4)cc32)cc1. The third kappa shape index (κ3) is 5.44. The van der Waals surface area contributed by atoms with Crippen molar-refractivity contribution in [2.45, 2.75) is 0 Å². The Balaban J connectivity index is 1.10. The number of hydrogen-bond donors (Lipinski definition) is 0. The average molecular weight is 830 g/mol. The lowest BCUT2D eigenvalue weighted by Gasteiger charge is -2.16. The van der Waals surface area contributed by atoms with E-state index < -0.39 is 0 Å². The highest BCUT2D eigenvalue weighted by atomic mass is 16.3. The number of benzene rings is 10. The third-order valence-corrected chi connectivity index (χ3v) is 13.1. The minimum absolute atomic E-state index is 0.547. The van der Waals surface area contributed by atoms with Crippen LogP contribution in [0.1, 0.15) is 0 Å². The third-order valence-electron chi connectivity index (χ3n) is 13.1. The smallest absolute Gasteiger partial charge is 0.166 e. The lowest BCUT2D eigenvalue weighted by atomic mass is 10.0. The molecular formula is C59H35N5O. The Morgan fingerprint density at radius 3 is 1.71 bits per heavy atom. The first-order valence-corrected chi connectivity index (χ1v) is 21.9. The molecule has 14 rings (SSSR count). The number of rotatable bonds is 5. The summed E-state index contributed by atoms with van der Waals surface area (Å²) in [7, 11) is 0. The highest BCUT2D eigenvalue weighted by Gasteiger charge is 2.24. The molecule has 0 atom stereocenters. The molecular weight excluding hydrogens is 795 g/mol. The summed E-state index contributed by atoms with van der Waals surface area (Å²) in [6.07, 6.45) is 0. The topological polar surface area (TPSA) is 61.7 Å². The second-order valence-electron chi connectivity index (χ2n) is 16.8. The molecule has 0 spiro atoms. The first-order valence-electron chi connectivity index (χ1n) is 21.9. The molecule has 0 aliphatic heterocycles. The molecule has 0 bridgehead atoms. The van der Waals surface area contributed by atoms with Crippen LogP contribution in [0, 0.1) is 0 Å². The Labute approximate surface area is 371 Å². The Morgan fingerprint density at radius 2 is 0.892 bits per heavy atom. The summed E-state index contributed by atoms with van der Waals surface area (Å²) in [5.74, 6) is 1.72. The van der Waals surface area contributed by atoms with E-state index in [1.165, 1.54) is 26.9 Å². The molecule has 10 aromatic carbocycles. The van der Waals surface area contributed by atoms with Crippen molar-refractivity contribution in [3.8, 4) is 45.5 Å². The number of hydrogen-bond acceptors (Lipinski definition) is 4. The Hall–Kier alpha value is -8.87. The average Bonchev–Trinajstić information content (AvgIpc) is 4.02. The molecule has 0 saturated carbocycles. The van der Waals surface area contributed by atoms with Crippen LogP contribution in [-0.2, 0) is 0 Å². The van der Waals surface area contributed by atoms with Gasteiger partial charge in [-0.25, -0.2) is 15.0 Å². The van der Waals surface area contributed by atoms with Crippen molar-refractivity contribution in [3.05, 3.63) is 212 Å². The summed E-state index contributed by atoms with van der Waals surface area (Å²) in [5.41, 5.74) is 10.7. The molecule has 6 nitrogen and oxygen atoms in total. The first-order chi connectivity index (χ1) is 32.2. The highest BCUT2D eigenvalue weighted by Crippen LogP contribution is 2.42. The van der Waals surface area contributed by atoms with Gasteiger partial charge in [-0.1, -0.05) is 152 Å². The van der Waals surface area contributed by atoms with E-state index in [1.807, 2.05) is 12.1 Å². The highest BCUT2D eigenvalue weighted by molar-refractivity contribution is 6.15. The van der Waals surface area contributed by atoms with Crippen molar-refractivity contribution in [2.24, 2.45) is 0 Å². The van der Waals surface area contributed by atoms with Gasteiger partial charge in [-0.3, -0.25) is 0 Å². The fraction of sp³-hybridized carbons (Fsp3) is 0. The van der Waals surface area contributed by atoms with Crippen LogP contribution in [0.25, 0.3) is 133 Å². The van der Waals surface area contributed by atoms with Crippen LogP contribution in [0.2, 0.25) is 0 Å². The molecule has 6 heteroatoms. The van der Waals surface area contributed by atoms with Gasteiger partial charge < -0.3 is 13.6 Å². The van der Waals surface area contributed by atoms with E-state index in [4.69, 9.17) is 19.4 Å². The zero-order valence-electron chi connectivity index (χ0n) is 34.9. The zero-order chi connectivity index (χ0) is 42.6. The fourth-order valence-electron chi connectivity index (χ4n) is 10.2. The normalized spacial score (nSPS) is 12.0. The molecule has 4 heterocycles. The van der Waals surface area contributed by atoms with Crippen LogP contribution in [0.5, 0.6) is 0 Å². The van der Waals surface area contributed by atoms with E-state index >= 15 is 0 Å². The van der Waals surface area contributed by atoms with Gasteiger partial charge >= 0.3 is 0 Å². The van der Waals surface area contributed by atoms with Crippen LogP contribution in [0.4, 0.5) is 0 Å². The summed E-state index contributed by atoms with van der Waals surface area (Å²) in [4.78, 5) is 16.3. The lowest BCUT2D eigenvalue weighted by Crippen LogP contribution is -2.04. The molecule has 0 radical (unpaired) electrons. The molecule has 0 aliphatic rings. The van der Waals surface area contributed by atoms with Gasteiger partial charge in [0.25, 0.3) is 0 Å². The standard InChI is InChI=1S/C59H35N5O/c1-2-19-40(20-3-1)63-50-26-11-8-22-42(50)44-30-29-39(33-52(44)63)57-60-58(46-25-14-18-36-15-6-7-21-41(36)46)62-59(61-57)49-35-56-48(45-24-10-13-28-55(45)65-56)34-54(49)64-51-27-12-9-23-43(51)47-31-37-16-4-5-17-38(37)32-53(47)64/h1-35H. The lowest BCUT2D eigenvalue weighted by molar-refractivity contribution is 0.669. The predicted molar refractivity (Wildman–Crippen MR) is 267 cm³/mol. The predicted octanol–water partition coefficient (Wildman–Crippen LogP) is 15.3. The molecule has 0 fully saturated rings. The molecule has 65 heavy (non-hydrogen) atoms. The molecule has 0 aliphatic carbocycles. The van der Waals surface area contributed by atoms with Gasteiger partial charge in [-0.2, -0.15) is 0 Å². The van der Waals surface area contributed by atoms with Gasteiger partial charge in [0, 0.05) is 54.7 Å². The van der Waals surface area contributed by atoms with Gasteiger partial charge in [0.05, 0.1) is 27.8 Å². The second kappa shape index (κ2) is 13.8. The largest absolute Gasteiger partial charge is 0.456 e. The maximum absolute atomic E-state index is 6.66. The van der Waals surface area contributed by atoms with Gasteiger partial charge in [-0.05, 0) is 82.2 Å². The summed E-state index contributed by atoms with van der Waals surface area (Å²) < 4.78 is 11.4. The van der Waals surface area contributed by atoms with Crippen molar-refractivity contribution in [2.75, 3.05) is 0 Å². The van der Waals surface area contributed by atoms with Crippen molar-refractivity contribution in [1.82, 2.24) is 24.1 Å². The fourth-order valence-corrected chi connectivity index (χ4v) is 10.2. The van der Waals surface area contributed by atoms with Crippen molar-refractivity contribution in [1.29, 1.82) is 0 Å². The maximum Gasteiger partial charge on any atom is 0.166 e. The van der Waals surface area contributed by atoms with Crippen molar-refractivity contribution in [3.63, 3.8) is 0 Å². The van der Waals surface area contributed by atoms with Crippen molar-refractivity contribution >= 4 is 87.1 Å². The number of nitrogens with zero attached hydrogens (tertiary/aromatic N) is 5. The molecule has 0 unspecified atom stereocenters. The molecule has 0 amide bonds. The van der Waals surface area contributed by atoms with E-state index in [2.05, 4.69) is 209 Å². The molecule has 4 aromatic heterocycles. The first kappa shape index (κ1) is 35.7. The van der Waals surface area contributed by atoms with E-state index in [1.54, 1.807) is 0 Å². The van der Waals surface area contributed by atoms with Crippen LogP contribution in [0.3, 0.4) is 0 Å². The minimum Gasteiger partial charge on any atom is -0.456 e. The monoisotopic (exact) mass is 829 g/mol. The molecule has 0 saturated heterocycles. The Kier molecular flexibility index (Phi) is 7.59. The minimum atomic E-state index is 0.547. The Morgan fingerprint density at radius 1 is 0.308 bits per heavy atom. The van der Waals surface area contributed by atoms with Gasteiger partial charge in [0.2, 0.25) is 0 Å². The molecule has 0 N–H and O–H groups in total. The van der Waals surface area contributed by atoms with E-state index in [0.717, 1.165) is 88.2 Å².